The van der Waals surface area contributed by atoms with Gasteiger partial charge in [0.05, 0.1) is 0 Å². The van der Waals surface area contributed by atoms with E-state index in [0.717, 1.165) is 0 Å². The predicted molar refractivity (Wildman–Crippen MR) is 24.7 cm³/mol. The van der Waals surface area contributed by atoms with E-state index in [9.17, 15) is 4.79 Å². The molecule has 0 radical (unpaired) electrons. The molecule has 0 aliphatic heterocycles. The molecule has 0 bridgehead atoms. The zero-order chi connectivity index (χ0) is 5.15. The first-order valence-corrected chi connectivity index (χ1v) is 1.76. The fraction of sp³-hybridized carbons (Fsp3) is 0. The SMILES string of the molecule is O=C(O)N(S)Cl. The smallest absolute Gasteiger partial charge is 0.432 e. The normalized spacial score (nSPS) is 7.67. The van der Waals surface area contributed by atoms with Gasteiger partial charge in [0, 0.05) is 11.8 Å². The Labute approximate surface area is 45.2 Å². The molecule has 0 aromatic rings. The van der Waals surface area contributed by atoms with E-state index in [0.29, 0.717) is 0 Å². The lowest BCUT2D eigenvalue weighted by Gasteiger charge is -1.93. The van der Waals surface area contributed by atoms with Gasteiger partial charge in [-0.3, -0.25) is 0 Å². The Bertz CT molecular complexity index is 64.6. The summed E-state index contributed by atoms with van der Waals surface area (Å²) in [5.41, 5.74) is 0. The van der Waals surface area contributed by atoms with Gasteiger partial charge in [-0.1, -0.05) is 0 Å². The number of thiol groups is 1. The molecule has 0 rings (SSSR count). The van der Waals surface area contributed by atoms with Crippen molar-refractivity contribution >= 4 is 30.7 Å². The Morgan fingerprint density at radius 2 is 2.17 bits per heavy atom. The number of halogens is 1. The third-order valence-electron chi connectivity index (χ3n) is 0.158. The number of hydrogen-bond donors (Lipinski definition) is 2. The maximum absolute atomic E-state index is 9.42. The first-order valence-electron chi connectivity index (χ1n) is 1.02. The standard InChI is InChI=1S/CH2ClNO2S/c2-3(6)1(4)5/h6H,(H,4,5). The van der Waals surface area contributed by atoms with Crippen LogP contribution in [0.1, 0.15) is 0 Å². The van der Waals surface area contributed by atoms with Crippen molar-refractivity contribution in [3.63, 3.8) is 0 Å². The monoisotopic (exact) mass is 127 g/mol. The zero-order valence-electron chi connectivity index (χ0n) is 2.63. The molecule has 36 valence electrons. The average molecular weight is 128 g/mol. The van der Waals surface area contributed by atoms with Crippen LogP contribution in [-0.2, 0) is 0 Å². The molecule has 0 saturated heterocycles. The highest BCUT2D eigenvalue weighted by atomic mass is 35.5. The van der Waals surface area contributed by atoms with Crippen LogP contribution in [0.15, 0.2) is 0 Å². The molecular weight excluding hydrogens is 126 g/mol. The number of nitrogens with zero attached hydrogens (tertiary/aromatic N) is 1. The Hall–Kier alpha value is -0.0900. The number of amides is 1. The maximum Gasteiger partial charge on any atom is 0.432 e. The number of carboxylic acid groups (broad SMARTS) is 1. The number of rotatable bonds is 0. The fourth-order valence-electron chi connectivity index (χ4n) is 0. The van der Waals surface area contributed by atoms with E-state index in [2.05, 4.69) is 12.8 Å². The molecule has 5 heteroatoms. The predicted octanol–water partition coefficient (Wildman–Crippen LogP) is 0.965. The molecule has 0 aromatic heterocycles. The zero-order valence-corrected chi connectivity index (χ0v) is 4.28. The lowest BCUT2D eigenvalue weighted by molar-refractivity contribution is 0.190. The van der Waals surface area contributed by atoms with Crippen LogP contribution in [0.25, 0.3) is 0 Å². The van der Waals surface area contributed by atoms with Crippen LogP contribution < -0.4 is 0 Å². The summed E-state index contributed by atoms with van der Waals surface area (Å²) in [7, 11) is 0. The van der Waals surface area contributed by atoms with E-state index >= 15 is 0 Å². The minimum absolute atomic E-state index is 0.250. The molecule has 0 fully saturated rings. The van der Waals surface area contributed by atoms with Crippen LogP contribution in [0.4, 0.5) is 4.79 Å². The molecule has 1 N–H and O–H groups in total. The molecule has 0 aliphatic rings. The molecule has 0 aromatic carbocycles. The summed E-state index contributed by atoms with van der Waals surface area (Å²) >= 11 is 7.90. The molecule has 0 aliphatic carbocycles. The van der Waals surface area contributed by atoms with Crippen molar-refractivity contribution in [2.75, 3.05) is 0 Å². The molecule has 0 heterocycles. The lowest BCUT2D eigenvalue weighted by Crippen LogP contribution is -2.05. The van der Waals surface area contributed by atoms with Crippen LogP contribution in [0.3, 0.4) is 0 Å². The summed E-state index contributed by atoms with van der Waals surface area (Å²) in [5.74, 6) is 0. The third kappa shape index (κ3) is 2.17. The highest BCUT2D eigenvalue weighted by Crippen LogP contribution is 1.95. The van der Waals surface area contributed by atoms with E-state index in [4.69, 9.17) is 16.9 Å². The molecule has 0 atom stereocenters. The molecule has 0 unspecified atom stereocenters. The van der Waals surface area contributed by atoms with Crippen LogP contribution in [0.2, 0.25) is 0 Å². The molecule has 0 saturated carbocycles. The van der Waals surface area contributed by atoms with Crippen molar-refractivity contribution in [2.24, 2.45) is 0 Å². The summed E-state index contributed by atoms with van der Waals surface area (Å²) in [6.45, 7) is 0. The van der Waals surface area contributed by atoms with Gasteiger partial charge in [0.2, 0.25) is 0 Å². The Balaban J connectivity index is 3.26. The minimum Gasteiger partial charge on any atom is -0.463 e. The van der Waals surface area contributed by atoms with Gasteiger partial charge in [0.1, 0.15) is 0 Å². The highest BCUT2D eigenvalue weighted by Gasteiger charge is 1.97. The molecule has 6 heavy (non-hydrogen) atoms. The molecule has 3 nitrogen and oxygen atoms in total. The van der Waals surface area contributed by atoms with Gasteiger partial charge in [0.15, 0.2) is 0 Å². The first-order chi connectivity index (χ1) is 2.64. The summed E-state index contributed by atoms with van der Waals surface area (Å²) < 4.78 is 0.250. The average Bonchev–Trinajstić information content (AvgIpc) is 1.36. The van der Waals surface area contributed by atoms with Gasteiger partial charge < -0.3 is 5.11 Å². The van der Waals surface area contributed by atoms with Gasteiger partial charge in [-0.2, -0.15) is 3.82 Å². The number of hydrogen-bond acceptors (Lipinski definition) is 2. The van der Waals surface area contributed by atoms with Crippen LogP contribution >= 0.6 is 24.6 Å². The van der Waals surface area contributed by atoms with Gasteiger partial charge in [-0.25, -0.2) is 4.79 Å². The van der Waals surface area contributed by atoms with Gasteiger partial charge in [-0.05, 0) is 12.8 Å². The Morgan fingerprint density at radius 1 is 2.00 bits per heavy atom. The van der Waals surface area contributed by atoms with Crippen molar-refractivity contribution in [1.82, 2.24) is 3.82 Å². The summed E-state index contributed by atoms with van der Waals surface area (Å²) in [4.78, 5) is 9.42. The van der Waals surface area contributed by atoms with Crippen molar-refractivity contribution in [1.29, 1.82) is 0 Å². The van der Waals surface area contributed by atoms with E-state index in [1.165, 1.54) is 0 Å². The van der Waals surface area contributed by atoms with E-state index in [1.54, 1.807) is 0 Å². The van der Waals surface area contributed by atoms with E-state index in [1.807, 2.05) is 0 Å². The molecule has 0 spiro atoms. The lowest BCUT2D eigenvalue weighted by atomic mass is 11.3. The topological polar surface area (TPSA) is 40.5 Å². The second-order valence-corrected chi connectivity index (χ2v) is 1.52. The van der Waals surface area contributed by atoms with E-state index < -0.39 is 6.09 Å². The molecular formula is CH2ClNO2S. The number of carbonyl (C=O) groups is 1. The second-order valence-electron chi connectivity index (χ2n) is 0.543. The minimum atomic E-state index is -1.28. The summed E-state index contributed by atoms with van der Waals surface area (Å²) in [6.07, 6.45) is -1.28. The summed E-state index contributed by atoms with van der Waals surface area (Å²) in [6, 6.07) is 0. The molecule has 1 amide bonds. The third-order valence-corrected chi connectivity index (χ3v) is 0.474. The van der Waals surface area contributed by atoms with E-state index in [-0.39, 0.29) is 3.82 Å². The van der Waals surface area contributed by atoms with Crippen molar-refractivity contribution in [3.05, 3.63) is 0 Å². The fourth-order valence-corrected chi connectivity index (χ4v) is 0. The van der Waals surface area contributed by atoms with Crippen LogP contribution in [0.5, 0.6) is 0 Å². The van der Waals surface area contributed by atoms with Gasteiger partial charge in [-0.15, -0.1) is 0 Å². The second kappa shape index (κ2) is 2.15. The van der Waals surface area contributed by atoms with Crippen LogP contribution in [0, 0.1) is 0 Å². The van der Waals surface area contributed by atoms with Crippen molar-refractivity contribution in [2.45, 2.75) is 0 Å². The van der Waals surface area contributed by atoms with Crippen LogP contribution in [-0.4, -0.2) is 15.0 Å². The Morgan fingerprint density at radius 3 is 2.17 bits per heavy atom. The Kier molecular flexibility index (Phi) is 2.12. The maximum atomic E-state index is 9.42. The quantitative estimate of drug-likeness (QED) is 0.376. The largest absolute Gasteiger partial charge is 0.463 e. The van der Waals surface area contributed by atoms with Gasteiger partial charge >= 0.3 is 6.09 Å². The summed E-state index contributed by atoms with van der Waals surface area (Å²) in [5, 5.41) is 7.71. The van der Waals surface area contributed by atoms with Gasteiger partial charge in [0.25, 0.3) is 0 Å². The van der Waals surface area contributed by atoms with Crippen molar-refractivity contribution < 1.29 is 9.90 Å². The first kappa shape index (κ1) is 5.91. The van der Waals surface area contributed by atoms with Crippen molar-refractivity contribution in [3.8, 4) is 0 Å². The highest BCUT2D eigenvalue weighted by molar-refractivity contribution is 7.79.